The van der Waals surface area contributed by atoms with E-state index >= 15 is 0 Å². The van der Waals surface area contributed by atoms with Gasteiger partial charge in [0.15, 0.2) is 17.6 Å². The number of aliphatic hydroxyl groups excluding tert-OH is 1. The Morgan fingerprint density at radius 3 is 2.41 bits per heavy atom. The van der Waals surface area contributed by atoms with Crippen molar-refractivity contribution in [3.8, 4) is 0 Å². The summed E-state index contributed by atoms with van der Waals surface area (Å²) < 4.78 is 39.9. The van der Waals surface area contributed by atoms with Gasteiger partial charge in [-0.2, -0.15) is 0 Å². The molecular weight excluding hydrogens is 470 g/mol. The van der Waals surface area contributed by atoms with E-state index in [9.17, 15) is 13.2 Å². The molecule has 0 radical (unpaired) electrons. The molecule has 0 saturated carbocycles. The first-order chi connectivity index (χ1) is 12.4. The Morgan fingerprint density at radius 2 is 1.78 bits per heavy atom. The molecule has 0 bridgehead atoms. The third-order valence-corrected chi connectivity index (χ3v) is 3.84. The topological polar surface area (TPSA) is 56.7 Å². The standard InChI is InChI=1S/C19H22F3N3O.HI/c1-3-23-19(24-10-13-4-6-16(20)15(8-13)11-26)25-12(2)14-5-7-17(21)18(22)9-14;/h4-9,12,26H,3,10-11H2,1-2H3,(H2,23,24,25);1H. The molecular formula is C19H23F3IN3O. The highest BCUT2D eigenvalue weighted by Crippen LogP contribution is 2.16. The quantitative estimate of drug-likeness (QED) is 0.324. The molecule has 1 atom stereocenters. The van der Waals surface area contributed by atoms with Crippen molar-refractivity contribution in [1.82, 2.24) is 10.6 Å². The van der Waals surface area contributed by atoms with Crippen LogP contribution in [0.5, 0.6) is 0 Å². The summed E-state index contributed by atoms with van der Waals surface area (Å²) in [5.41, 5.74) is 1.54. The van der Waals surface area contributed by atoms with Crippen LogP contribution in [0.3, 0.4) is 0 Å². The summed E-state index contributed by atoms with van der Waals surface area (Å²) in [6.07, 6.45) is 0. The van der Waals surface area contributed by atoms with E-state index in [4.69, 9.17) is 5.11 Å². The second-order valence-electron chi connectivity index (χ2n) is 5.82. The summed E-state index contributed by atoms with van der Waals surface area (Å²) >= 11 is 0. The SMILES string of the molecule is CCNC(=NCc1ccc(F)c(CO)c1)NC(C)c1ccc(F)c(F)c1.I. The highest BCUT2D eigenvalue weighted by molar-refractivity contribution is 14.0. The Balaban J connectivity index is 0.00000364. The predicted octanol–water partition coefficient (Wildman–Crippen LogP) is 4.03. The van der Waals surface area contributed by atoms with Crippen molar-refractivity contribution >= 4 is 29.9 Å². The summed E-state index contributed by atoms with van der Waals surface area (Å²) in [6, 6.07) is 7.88. The zero-order valence-electron chi connectivity index (χ0n) is 15.1. The molecule has 148 valence electrons. The van der Waals surface area contributed by atoms with Gasteiger partial charge in [0.25, 0.3) is 0 Å². The number of aliphatic hydroxyl groups is 1. The van der Waals surface area contributed by atoms with Crippen molar-refractivity contribution in [3.63, 3.8) is 0 Å². The molecule has 0 heterocycles. The van der Waals surface area contributed by atoms with Crippen molar-refractivity contribution in [2.24, 2.45) is 4.99 Å². The van der Waals surface area contributed by atoms with Crippen LogP contribution in [0.4, 0.5) is 13.2 Å². The zero-order valence-corrected chi connectivity index (χ0v) is 17.4. The summed E-state index contributed by atoms with van der Waals surface area (Å²) in [4.78, 5) is 4.42. The van der Waals surface area contributed by atoms with Gasteiger partial charge in [-0.25, -0.2) is 18.2 Å². The third-order valence-electron chi connectivity index (χ3n) is 3.84. The van der Waals surface area contributed by atoms with Gasteiger partial charge in [-0.15, -0.1) is 24.0 Å². The van der Waals surface area contributed by atoms with Crippen molar-refractivity contribution in [1.29, 1.82) is 0 Å². The second kappa shape index (κ2) is 11.1. The number of hydrogen-bond donors (Lipinski definition) is 3. The predicted molar refractivity (Wildman–Crippen MR) is 110 cm³/mol. The number of nitrogens with one attached hydrogen (secondary N) is 2. The van der Waals surface area contributed by atoms with E-state index in [1.165, 1.54) is 12.1 Å². The number of hydrogen-bond acceptors (Lipinski definition) is 2. The highest BCUT2D eigenvalue weighted by Gasteiger charge is 2.11. The fraction of sp³-hybridized carbons (Fsp3) is 0.316. The number of halogens is 4. The minimum absolute atomic E-state index is 0. The number of guanidine groups is 1. The van der Waals surface area contributed by atoms with E-state index in [0.717, 1.165) is 17.7 Å². The van der Waals surface area contributed by atoms with E-state index in [2.05, 4.69) is 15.6 Å². The average molecular weight is 493 g/mol. The highest BCUT2D eigenvalue weighted by atomic mass is 127. The van der Waals surface area contributed by atoms with Crippen molar-refractivity contribution in [3.05, 3.63) is 70.5 Å². The monoisotopic (exact) mass is 493 g/mol. The summed E-state index contributed by atoms with van der Waals surface area (Å²) in [6.45, 7) is 4.21. The lowest BCUT2D eigenvalue weighted by Gasteiger charge is -2.18. The largest absolute Gasteiger partial charge is 0.392 e. The van der Waals surface area contributed by atoms with Crippen LogP contribution in [0.1, 0.15) is 36.6 Å². The summed E-state index contributed by atoms with van der Waals surface area (Å²) in [5.74, 6) is -1.77. The van der Waals surface area contributed by atoms with Crippen molar-refractivity contribution in [2.45, 2.75) is 33.0 Å². The van der Waals surface area contributed by atoms with Crippen LogP contribution in [0.2, 0.25) is 0 Å². The lowest BCUT2D eigenvalue weighted by atomic mass is 10.1. The van der Waals surface area contributed by atoms with Crippen LogP contribution >= 0.6 is 24.0 Å². The summed E-state index contributed by atoms with van der Waals surface area (Å²) in [7, 11) is 0. The van der Waals surface area contributed by atoms with Crippen LogP contribution in [-0.4, -0.2) is 17.6 Å². The molecule has 0 amide bonds. The molecule has 27 heavy (non-hydrogen) atoms. The van der Waals surface area contributed by atoms with Gasteiger partial charge in [0, 0.05) is 12.1 Å². The molecule has 0 saturated heterocycles. The smallest absolute Gasteiger partial charge is 0.192 e. The number of nitrogens with zero attached hydrogens (tertiary/aromatic N) is 1. The average Bonchev–Trinajstić information content (AvgIpc) is 2.63. The second-order valence-corrected chi connectivity index (χ2v) is 5.82. The zero-order chi connectivity index (χ0) is 19.1. The minimum atomic E-state index is -0.902. The van der Waals surface area contributed by atoms with Crippen LogP contribution in [-0.2, 0) is 13.2 Å². The van der Waals surface area contributed by atoms with Crippen LogP contribution in [0.15, 0.2) is 41.4 Å². The summed E-state index contributed by atoms with van der Waals surface area (Å²) in [5, 5.41) is 15.3. The maximum Gasteiger partial charge on any atom is 0.192 e. The maximum absolute atomic E-state index is 13.4. The van der Waals surface area contributed by atoms with Gasteiger partial charge in [0.05, 0.1) is 19.2 Å². The van der Waals surface area contributed by atoms with Gasteiger partial charge in [0.2, 0.25) is 0 Å². The Kier molecular flexibility index (Phi) is 9.57. The first-order valence-electron chi connectivity index (χ1n) is 8.32. The van der Waals surface area contributed by atoms with E-state index in [-0.39, 0.29) is 48.7 Å². The van der Waals surface area contributed by atoms with Crippen molar-refractivity contribution in [2.75, 3.05) is 6.54 Å². The number of rotatable bonds is 6. The number of aliphatic imine (C=N–C) groups is 1. The molecule has 2 aromatic carbocycles. The van der Waals surface area contributed by atoms with Crippen LogP contribution in [0, 0.1) is 17.5 Å². The lowest BCUT2D eigenvalue weighted by Crippen LogP contribution is -2.38. The molecule has 0 aromatic heterocycles. The van der Waals surface area contributed by atoms with Gasteiger partial charge in [-0.1, -0.05) is 12.1 Å². The van der Waals surface area contributed by atoms with Gasteiger partial charge < -0.3 is 15.7 Å². The van der Waals surface area contributed by atoms with E-state index in [0.29, 0.717) is 18.1 Å². The van der Waals surface area contributed by atoms with Gasteiger partial charge in [-0.05, 0) is 49.2 Å². The molecule has 0 fully saturated rings. The Hall–Kier alpha value is -1.81. The molecule has 4 nitrogen and oxygen atoms in total. The first-order valence-corrected chi connectivity index (χ1v) is 8.32. The Labute approximate surface area is 173 Å². The normalized spacial score (nSPS) is 12.3. The first kappa shape index (κ1) is 23.2. The fourth-order valence-electron chi connectivity index (χ4n) is 2.41. The van der Waals surface area contributed by atoms with Crippen LogP contribution in [0.25, 0.3) is 0 Å². The Bertz CT molecular complexity index is 787. The van der Waals surface area contributed by atoms with Crippen molar-refractivity contribution < 1.29 is 18.3 Å². The van der Waals surface area contributed by atoms with Gasteiger partial charge >= 0.3 is 0 Å². The van der Waals surface area contributed by atoms with E-state index < -0.39 is 17.5 Å². The van der Waals surface area contributed by atoms with Crippen LogP contribution < -0.4 is 10.6 Å². The van der Waals surface area contributed by atoms with Gasteiger partial charge in [0.1, 0.15) is 5.82 Å². The molecule has 3 N–H and O–H groups in total. The molecule has 0 aliphatic heterocycles. The lowest BCUT2D eigenvalue weighted by molar-refractivity contribution is 0.275. The van der Waals surface area contributed by atoms with E-state index in [1.807, 2.05) is 6.92 Å². The molecule has 1 unspecified atom stereocenters. The molecule has 2 rings (SSSR count). The Morgan fingerprint density at radius 1 is 1.07 bits per heavy atom. The molecule has 0 aliphatic carbocycles. The third kappa shape index (κ3) is 6.69. The molecule has 0 aliphatic rings. The molecule has 0 spiro atoms. The van der Waals surface area contributed by atoms with Gasteiger partial charge in [-0.3, -0.25) is 0 Å². The molecule has 2 aromatic rings. The minimum Gasteiger partial charge on any atom is -0.392 e. The van der Waals surface area contributed by atoms with E-state index in [1.54, 1.807) is 19.1 Å². The number of benzene rings is 2. The molecule has 8 heteroatoms. The maximum atomic E-state index is 13.4. The fourth-order valence-corrected chi connectivity index (χ4v) is 2.41.